The van der Waals surface area contributed by atoms with Gasteiger partial charge >= 0.3 is 30.0 Å². The Kier molecular flexibility index (Phi) is 7.11. The van der Waals surface area contributed by atoms with Crippen LogP contribution in [0.4, 0.5) is 0 Å². The van der Waals surface area contributed by atoms with Crippen molar-refractivity contribution in [1.29, 1.82) is 0 Å². The molecule has 13 heavy (non-hydrogen) atoms. The van der Waals surface area contributed by atoms with Crippen molar-refractivity contribution in [1.82, 2.24) is 0 Å². The van der Waals surface area contributed by atoms with Gasteiger partial charge in [-0.3, -0.25) is 4.79 Å². The number of methoxy groups -OCH3 is 1. The number of esters is 1. The summed E-state index contributed by atoms with van der Waals surface area (Å²) in [6.07, 6.45) is 0. The van der Waals surface area contributed by atoms with Gasteiger partial charge in [-0.15, -0.1) is 0 Å². The summed E-state index contributed by atoms with van der Waals surface area (Å²) >= 11 is 4.25. The molecular weight excluding hydrogens is 285 g/mol. The van der Waals surface area contributed by atoms with Gasteiger partial charge < -0.3 is 4.74 Å². The fraction of sp³-hybridized carbons (Fsp3) is 0.222. The molecule has 66 valence electrons. The third-order valence-electron chi connectivity index (χ3n) is 1.39. The molecule has 0 aromatic heterocycles. The average molecular weight is 294 g/mol. The number of hydrogen-bond donors (Lipinski definition) is 0. The molecule has 2 nitrogen and oxygen atoms in total. The van der Waals surface area contributed by atoms with Crippen LogP contribution in [0.5, 0.6) is 0 Å². The summed E-state index contributed by atoms with van der Waals surface area (Å²) in [6, 6.07) is 8.09. The topological polar surface area (TPSA) is 26.3 Å². The van der Waals surface area contributed by atoms with Crippen LogP contribution in [0.25, 0.3) is 0 Å². The molecule has 0 fully saturated rings. The van der Waals surface area contributed by atoms with Crippen molar-refractivity contribution in [2.75, 3.05) is 7.11 Å². The quantitative estimate of drug-likeness (QED) is 0.452. The normalized spacial score (nSPS) is 8.38. The van der Waals surface area contributed by atoms with E-state index in [4.69, 9.17) is 0 Å². The van der Waals surface area contributed by atoms with Gasteiger partial charge in [0.1, 0.15) is 0 Å². The molecule has 0 N–H and O–H groups in total. The first-order valence-corrected chi connectivity index (χ1v) is 10.5. The van der Waals surface area contributed by atoms with E-state index in [2.05, 4.69) is 24.4 Å². The van der Waals surface area contributed by atoms with E-state index in [-0.39, 0.29) is 5.97 Å². The molecule has 1 rings (SSSR count). The first kappa shape index (κ1) is 12.8. The molecule has 1 aromatic rings. The van der Waals surface area contributed by atoms with Crippen LogP contribution in [0.3, 0.4) is 0 Å². The Balaban J connectivity index is 0.000000671. The van der Waals surface area contributed by atoms with Gasteiger partial charge in [-0.2, -0.15) is 29.8 Å². The Morgan fingerprint density at radius 2 is 2.15 bits per heavy atom. The third kappa shape index (κ3) is 4.53. The fourth-order valence-corrected chi connectivity index (χ4v) is 0.747. The van der Waals surface area contributed by atoms with Gasteiger partial charge in [0.05, 0.1) is 7.11 Å². The summed E-state index contributed by atoms with van der Waals surface area (Å²) in [7, 11) is 1.36. The number of rotatable bonds is 1. The van der Waals surface area contributed by atoms with Crippen molar-refractivity contribution >= 4 is 19.6 Å². The van der Waals surface area contributed by atoms with Crippen molar-refractivity contribution in [2.45, 2.75) is 6.92 Å². The minimum absolute atomic E-state index is 0.318. The predicted octanol–water partition coefficient (Wildman–Crippen LogP) is 2.42. The van der Waals surface area contributed by atoms with Gasteiger partial charge in [0.25, 0.3) is 5.97 Å². The molecule has 0 saturated carbocycles. The molecule has 1 aromatic carbocycles. The van der Waals surface area contributed by atoms with Gasteiger partial charge in [-0.25, -0.2) is 0 Å². The third-order valence-corrected chi connectivity index (χ3v) is 1.39. The second kappa shape index (κ2) is 7.22. The van der Waals surface area contributed by atoms with Crippen LogP contribution in [0.1, 0.15) is 15.9 Å². The number of halogens is 1. The number of carbonyl (C=O) groups excluding carboxylic acids is 1. The molecule has 0 unspecified atom stereocenters. The van der Waals surface area contributed by atoms with Crippen LogP contribution in [0, 0.1) is 13.0 Å². The fourth-order valence-electron chi connectivity index (χ4n) is 0.747. The second-order valence-corrected chi connectivity index (χ2v) is 2.25. The van der Waals surface area contributed by atoms with Crippen molar-refractivity contribution in [2.24, 2.45) is 0 Å². The van der Waals surface area contributed by atoms with Crippen molar-refractivity contribution in [3.05, 3.63) is 35.4 Å². The molecule has 0 radical (unpaired) electrons. The van der Waals surface area contributed by atoms with Crippen molar-refractivity contribution in [3.63, 3.8) is 0 Å². The van der Waals surface area contributed by atoms with E-state index in [1.54, 1.807) is 12.1 Å². The molecule has 0 atom stereocenters. The van der Waals surface area contributed by atoms with Gasteiger partial charge in [-0.05, 0) is 0 Å². The van der Waals surface area contributed by atoms with Crippen LogP contribution in [-0.2, 0) is 21.1 Å². The Morgan fingerprint density at radius 1 is 1.54 bits per heavy atom. The summed E-state index contributed by atoms with van der Waals surface area (Å²) in [5.74, 6) is -0.318. The zero-order chi connectivity index (χ0) is 10.3. The molecule has 0 aliphatic heterocycles. The van der Waals surface area contributed by atoms with E-state index in [0.717, 1.165) is 5.56 Å². The Bertz CT molecular complexity index is 259. The van der Waals surface area contributed by atoms with E-state index in [9.17, 15) is 4.79 Å². The molecule has 0 aliphatic carbocycles. The molecule has 0 aliphatic rings. The van der Waals surface area contributed by atoms with Crippen LogP contribution in [0.2, 0.25) is 0 Å². The number of aryl methyl sites for hydroxylation is 1. The molecule has 0 spiro atoms. The molecule has 4 heteroatoms. The SMILES string of the molecule is COC(=O)c1c[c-]c(C)cc1.[Zn+][Br]. The maximum atomic E-state index is 10.9. The standard InChI is InChI=1S/C9H9O2.BrH.Zn/c1-7-3-5-8(6-4-7)9(10)11-2;;/h3,5-6H,1-2H3;1H;/q-1;;+2/p-1. The van der Waals surface area contributed by atoms with Gasteiger partial charge in [0.15, 0.2) is 0 Å². The zero-order valence-electron chi connectivity index (χ0n) is 7.63. The summed E-state index contributed by atoms with van der Waals surface area (Å²) in [5.41, 5.74) is 1.55. The maximum absolute atomic E-state index is 10.9. The zero-order valence-corrected chi connectivity index (χ0v) is 12.2. The van der Waals surface area contributed by atoms with Crippen LogP contribution in [-0.4, -0.2) is 13.1 Å². The number of benzene rings is 1. The first-order valence-electron chi connectivity index (χ1n) is 3.57. The molecule has 0 heterocycles. The van der Waals surface area contributed by atoms with E-state index in [1.165, 1.54) is 23.5 Å². The molecule has 0 bridgehead atoms. The number of carbonyl (C=O) groups is 1. The van der Waals surface area contributed by atoms with Crippen molar-refractivity contribution < 1.29 is 25.9 Å². The van der Waals surface area contributed by atoms with Crippen LogP contribution >= 0.6 is 13.6 Å². The Morgan fingerprint density at radius 3 is 2.54 bits per heavy atom. The monoisotopic (exact) mass is 292 g/mol. The van der Waals surface area contributed by atoms with Crippen LogP contribution < -0.4 is 0 Å². The van der Waals surface area contributed by atoms with E-state index < -0.39 is 0 Å². The number of hydrogen-bond acceptors (Lipinski definition) is 2. The first-order chi connectivity index (χ1) is 6.24. The summed E-state index contributed by atoms with van der Waals surface area (Å²) in [6.45, 7) is 1.92. The molecule has 0 saturated heterocycles. The summed E-state index contributed by atoms with van der Waals surface area (Å²) in [5, 5.41) is 0. The van der Waals surface area contributed by atoms with Gasteiger partial charge in [-0.1, -0.05) is 12.5 Å². The average Bonchev–Trinajstić information content (AvgIpc) is 2.21. The van der Waals surface area contributed by atoms with Crippen molar-refractivity contribution in [3.8, 4) is 0 Å². The summed E-state index contributed by atoms with van der Waals surface area (Å²) in [4.78, 5) is 10.9. The van der Waals surface area contributed by atoms with E-state index >= 15 is 0 Å². The Hall–Kier alpha value is -0.207. The Labute approximate surface area is 94.7 Å². The molecular formula is C9H9BrO2Zn. The predicted molar refractivity (Wildman–Crippen MR) is 50.3 cm³/mol. The minimum atomic E-state index is -0.318. The molecule has 0 amide bonds. The van der Waals surface area contributed by atoms with Crippen LogP contribution in [0.15, 0.2) is 18.2 Å². The van der Waals surface area contributed by atoms with E-state index in [1.807, 2.05) is 13.0 Å². The van der Waals surface area contributed by atoms with E-state index in [0.29, 0.717) is 5.56 Å². The second-order valence-electron chi connectivity index (χ2n) is 2.25. The summed E-state index contributed by atoms with van der Waals surface area (Å²) < 4.78 is 4.52. The number of ether oxygens (including phenoxy) is 1. The van der Waals surface area contributed by atoms with Gasteiger partial charge in [0, 0.05) is 0 Å². The van der Waals surface area contributed by atoms with Gasteiger partial charge in [0.2, 0.25) is 0 Å².